The number of methoxy groups -OCH3 is 1. The van der Waals surface area contributed by atoms with E-state index in [9.17, 15) is 18.0 Å². The molecule has 2 amide bonds. The first kappa shape index (κ1) is 31.3. The number of sulfonamides is 1. The molecule has 0 spiro atoms. The van der Waals surface area contributed by atoms with E-state index in [4.69, 9.17) is 27.9 Å². The molecule has 1 N–H and O–H groups in total. The van der Waals surface area contributed by atoms with Gasteiger partial charge in [-0.3, -0.25) is 13.9 Å². The van der Waals surface area contributed by atoms with Crippen LogP contribution in [0.1, 0.15) is 31.4 Å². The molecule has 0 fully saturated rings. The highest BCUT2D eigenvalue weighted by atomic mass is 35.5. The summed E-state index contributed by atoms with van der Waals surface area (Å²) < 4.78 is 34.4. The van der Waals surface area contributed by atoms with Crippen LogP contribution in [0.5, 0.6) is 5.75 Å². The number of halogens is 2. The maximum Gasteiger partial charge on any atom is 0.264 e. The number of ether oxygens (including phenoxy) is 1. The predicted octanol–water partition coefficient (Wildman–Crippen LogP) is 5.45. The SMILES string of the molecule is CCCNC(=O)[C@@H](C)N(Cc1c(Cl)cccc1Cl)C(=O)CN(c1ccccc1OC)S(=O)(=O)c1ccc(C)cc1. The maximum absolute atomic E-state index is 14.0. The molecule has 0 saturated heterocycles. The van der Waals surface area contributed by atoms with Gasteiger partial charge in [0.25, 0.3) is 10.0 Å². The Bertz CT molecular complexity index is 1430. The molecule has 0 aliphatic carbocycles. The van der Waals surface area contributed by atoms with Crippen molar-refractivity contribution in [3.8, 4) is 5.75 Å². The van der Waals surface area contributed by atoms with Crippen LogP contribution in [0.4, 0.5) is 5.69 Å². The number of hydrogen-bond acceptors (Lipinski definition) is 5. The smallest absolute Gasteiger partial charge is 0.264 e. The van der Waals surface area contributed by atoms with Gasteiger partial charge in [-0.2, -0.15) is 0 Å². The standard InChI is InChI=1S/C29H33Cl2N3O5S/c1-5-17-32-29(36)21(3)33(18-23-24(30)9-8-10-25(23)31)28(35)19-34(26-11-6-7-12-27(26)39-4)40(37,38)22-15-13-20(2)14-16-22/h6-16,21H,5,17-19H2,1-4H3,(H,32,36)/t21-/m1/s1. The quantitative estimate of drug-likeness (QED) is 0.296. The fourth-order valence-electron chi connectivity index (χ4n) is 4.02. The number of hydrogen-bond donors (Lipinski definition) is 1. The highest BCUT2D eigenvalue weighted by Crippen LogP contribution is 2.33. The minimum absolute atomic E-state index is 0.00578. The summed E-state index contributed by atoms with van der Waals surface area (Å²) in [5.41, 5.74) is 1.51. The Morgan fingerprint density at radius 3 is 2.20 bits per heavy atom. The van der Waals surface area contributed by atoms with Crippen LogP contribution < -0.4 is 14.4 Å². The van der Waals surface area contributed by atoms with Crippen LogP contribution in [0.15, 0.2) is 71.6 Å². The average Bonchev–Trinajstić information content (AvgIpc) is 2.94. The van der Waals surface area contributed by atoms with Gasteiger partial charge in [0.05, 0.1) is 17.7 Å². The molecular formula is C29H33Cl2N3O5S. The van der Waals surface area contributed by atoms with Gasteiger partial charge < -0.3 is 15.0 Å². The Morgan fingerprint density at radius 2 is 1.60 bits per heavy atom. The molecule has 40 heavy (non-hydrogen) atoms. The van der Waals surface area contributed by atoms with Crippen LogP contribution in [0, 0.1) is 6.92 Å². The van der Waals surface area contributed by atoms with E-state index in [1.807, 2.05) is 13.8 Å². The Labute approximate surface area is 245 Å². The molecule has 0 unspecified atom stereocenters. The zero-order chi connectivity index (χ0) is 29.4. The Balaban J connectivity index is 2.09. The Kier molecular flexibility index (Phi) is 10.8. The van der Waals surface area contributed by atoms with E-state index in [2.05, 4.69) is 5.32 Å². The van der Waals surface area contributed by atoms with Crippen molar-refractivity contribution in [3.05, 3.63) is 87.9 Å². The van der Waals surface area contributed by atoms with Gasteiger partial charge in [-0.05, 0) is 56.7 Å². The van der Waals surface area contributed by atoms with Gasteiger partial charge in [-0.15, -0.1) is 0 Å². The van der Waals surface area contributed by atoms with Crippen molar-refractivity contribution >= 4 is 50.7 Å². The van der Waals surface area contributed by atoms with Crippen molar-refractivity contribution in [3.63, 3.8) is 0 Å². The summed E-state index contributed by atoms with van der Waals surface area (Å²) in [6, 6.07) is 16.9. The number of carbonyl (C=O) groups excluding carboxylic acids is 2. The molecule has 3 aromatic carbocycles. The highest BCUT2D eigenvalue weighted by molar-refractivity contribution is 7.92. The minimum atomic E-state index is -4.23. The minimum Gasteiger partial charge on any atom is -0.495 e. The van der Waals surface area contributed by atoms with Crippen LogP contribution in [-0.2, 0) is 26.2 Å². The van der Waals surface area contributed by atoms with E-state index < -0.39 is 28.5 Å². The van der Waals surface area contributed by atoms with Crippen molar-refractivity contribution in [1.82, 2.24) is 10.2 Å². The molecule has 214 valence electrons. The number of nitrogens with zero attached hydrogens (tertiary/aromatic N) is 2. The van der Waals surface area contributed by atoms with Gasteiger partial charge in [0.2, 0.25) is 11.8 Å². The molecule has 0 saturated carbocycles. The molecule has 0 aliphatic heterocycles. The second-order valence-corrected chi connectivity index (χ2v) is 11.9. The molecule has 0 heterocycles. The second-order valence-electron chi connectivity index (χ2n) is 9.19. The van der Waals surface area contributed by atoms with E-state index in [0.717, 1.165) is 9.87 Å². The summed E-state index contributed by atoms with van der Waals surface area (Å²) in [5.74, 6) is -0.749. The Hall–Kier alpha value is -3.27. The third-order valence-corrected chi connectivity index (χ3v) is 8.83. The number of rotatable bonds is 12. The molecule has 0 aliphatic rings. The lowest BCUT2D eigenvalue weighted by Gasteiger charge is -2.32. The summed E-state index contributed by atoms with van der Waals surface area (Å²) in [6.07, 6.45) is 0.707. The number of nitrogens with one attached hydrogen (secondary N) is 1. The lowest BCUT2D eigenvalue weighted by Crippen LogP contribution is -2.51. The van der Waals surface area contributed by atoms with Crippen LogP contribution in [0.2, 0.25) is 10.0 Å². The van der Waals surface area contributed by atoms with Gasteiger partial charge >= 0.3 is 0 Å². The molecule has 11 heteroatoms. The summed E-state index contributed by atoms with van der Waals surface area (Å²) >= 11 is 12.8. The monoisotopic (exact) mass is 605 g/mol. The molecule has 1 atom stereocenters. The van der Waals surface area contributed by atoms with Crippen molar-refractivity contribution in [2.45, 2.75) is 44.7 Å². The zero-order valence-corrected chi connectivity index (χ0v) is 25.2. The van der Waals surface area contributed by atoms with E-state index >= 15 is 0 Å². The molecule has 0 aromatic heterocycles. The van der Waals surface area contributed by atoms with Gasteiger partial charge in [-0.1, -0.05) is 66.0 Å². The molecule has 8 nitrogen and oxygen atoms in total. The first-order valence-corrected chi connectivity index (χ1v) is 14.9. The number of anilines is 1. The van der Waals surface area contributed by atoms with E-state index in [-0.39, 0.29) is 28.8 Å². The third-order valence-electron chi connectivity index (χ3n) is 6.35. The van der Waals surface area contributed by atoms with Gasteiger partial charge in [-0.25, -0.2) is 8.42 Å². The summed E-state index contributed by atoms with van der Waals surface area (Å²) in [5, 5.41) is 3.44. The number of aryl methyl sites for hydroxylation is 1. The first-order chi connectivity index (χ1) is 19.0. The normalized spacial score (nSPS) is 11.9. The van der Waals surface area contributed by atoms with Crippen LogP contribution >= 0.6 is 23.2 Å². The zero-order valence-electron chi connectivity index (χ0n) is 22.9. The van der Waals surface area contributed by atoms with Gasteiger partial charge in [0.1, 0.15) is 18.3 Å². The van der Waals surface area contributed by atoms with Gasteiger partial charge in [0.15, 0.2) is 0 Å². The fourth-order valence-corrected chi connectivity index (χ4v) is 5.96. The maximum atomic E-state index is 14.0. The van der Waals surface area contributed by atoms with E-state index in [1.165, 1.54) is 24.1 Å². The summed E-state index contributed by atoms with van der Waals surface area (Å²) in [7, 11) is -2.81. The fraction of sp³-hybridized carbons (Fsp3) is 0.310. The van der Waals surface area contributed by atoms with Crippen molar-refractivity contribution in [2.75, 3.05) is 24.5 Å². The third kappa shape index (κ3) is 7.27. The topological polar surface area (TPSA) is 96.0 Å². The largest absolute Gasteiger partial charge is 0.495 e. The summed E-state index contributed by atoms with van der Waals surface area (Å²) in [6.45, 7) is 5.05. The van der Waals surface area contributed by atoms with Gasteiger partial charge in [0, 0.05) is 28.7 Å². The first-order valence-electron chi connectivity index (χ1n) is 12.7. The molecular weight excluding hydrogens is 573 g/mol. The molecule has 0 bridgehead atoms. The van der Waals surface area contributed by atoms with Crippen LogP contribution in [0.3, 0.4) is 0 Å². The number of para-hydroxylation sites is 2. The highest BCUT2D eigenvalue weighted by Gasteiger charge is 2.34. The number of amides is 2. The molecule has 3 rings (SSSR count). The molecule has 3 aromatic rings. The Morgan fingerprint density at radius 1 is 0.975 bits per heavy atom. The van der Waals surface area contributed by atoms with Crippen molar-refractivity contribution in [2.24, 2.45) is 0 Å². The molecule has 0 radical (unpaired) electrons. The number of benzene rings is 3. The van der Waals surface area contributed by atoms with Crippen molar-refractivity contribution in [1.29, 1.82) is 0 Å². The van der Waals surface area contributed by atoms with Crippen LogP contribution in [-0.4, -0.2) is 51.4 Å². The number of carbonyl (C=O) groups is 2. The average molecular weight is 607 g/mol. The van der Waals surface area contributed by atoms with Crippen molar-refractivity contribution < 1.29 is 22.7 Å². The second kappa shape index (κ2) is 13.9. The predicted molar refractivity (Wildman–Crippen MR) is 158 cm³/mol. The van der Waals surface area contributed by atoms with E-state index in [1.54, 1.807) is 61.5 Å². The van der Waals surface area contributed by atoms with E-state index in [0.29, 0.717) is 28.6 Å². The van der Waals surface area contributed by atoms with Crippen LogP contribution in [0.25, 0.3) is 0 Å². The lowest BCUT2D eigenvalue weighted by molar-refractivity contribution is -0.139. The summed E-state index contributed by atoms with van der Waals surface area (Å²) in [4.78, 5) is 28.3. The lowest BCUT2D eigenvalue weighted by atomic mass is 10.1.